The van der Waals surface area contributed by atoms with Gasteiger partial charge in [-0.15, -0.1) is 0 Å². The number of ether oxygens (including phenoxy) is 1. The van der Waals surface area contributed by atoms with Crippen LogP contribution >= 0.6 is 11.3 Å². The molecule has 0 saturated heterocycles. The van der Waals surface area contributed by atoms with Crippen LogP contribution in [0.3, 0.4) is 0 Å². The first-order valence-electron chi connectivity index (χ1n) is 8.17. The first kappa shape index (κ1) is 17.2. The van der Waals surface area contributed by atoms with Crippen LogP contribution in [0, 0.1) is 6.92 Å². The van der Waals surface area contributed by atoms with Crippen molar-refractivity contribution < 1.29 is 9.53 Å². The molecule has 2 aromatic carbocycles. The third kappa shape index (κ3) is 5.43. The molecule has 128 valence electrons. The maximum absolute atomic E-state index is 12.0. The van der Waals surface area contributed by atoms with Crippen molar-refractivity contribution in [3.63, 3.8) is 0 Å². The number of hydrogen-bond donors (Lipinski definition) is 1. The lowest BCUT2D eigenvalue weighted by Crippen LogP contribution is -2.22. The topological polar surface area (TPSA) is 51.2 Å². The molecule has 1 N–H and O–H groups in total. The van der Waals surface area contributed by atoms with Gasteiger partial charge >= 0.3 is 0 Å². The first-order valence-corrected chi connectivity index (χ1v) is 9.05. The van der Waals surface area contributed by atoms with Crippen LogP contribution in [0.2, 0.25) is 0 Å². The lowest BCUT2D eigenvalue weighted by molar-refractivity contribution is -0.121. The van der Waals surface area contributed by atoms with E-state index in [0.29, 0.717) is 18.2 Å². The Morgan fingerprint density at radius 3 is 2.72 bits per heavy atom. The zero-order chi connectivity index (χ0) is 17.5. The number of nitrogens with zero attached hydrogens (tertiary/aromatic N) is 1. The molecule has 0 saturated carbocycles. The summed E-state index contributed by atoms with van der Waals surface area (Å²) >= 11 is 1.45. The van der Waals surface area contributed by atoms with Crippen molar-refractivity contribution in [2.24, 2.45) is 0 Å². The molecule has 0 spiro atoms. The highest BCUT2D eigenvalue weighted by Gasteiger charge is 2.04. The van der Waals surface area contributed by atoms with Gasteiger partial charge in [0.2, 0.25) is 5.91 Å². The second-order valence-electron chi connectivity index (χ2n) is 5.81. The zero-order valence-corrected chi connectivity index (χ0v) is 14.9. The number of aryl methyl sites for hydroxylation is 2. The Hall–Kier alpha value is -2.66. The third-order valence-corrected chi connectivity index (χ3v) is 4.40. The van der Waals surface area contributed by atoms with E-state index in [0.717, 1.165) is 17.7 Å². The number of carbonyl (C=O) groups excluding carboxylic acids is 1. The average molecular weight is 352 g/mol. The van der Waals surface area contributed by atoms with Gasteiger partial charge in [-0.25, -0.2) is 4.98 Å². The predicted molar refractivity (Wildman–Crippen MR) is 100.0 cm³/mol. The Labute approximate surface area is 151 Å². The first-order chi connectivity index (χ1) is 12.2. The Bertz CT molecular complexity index is 814. The molecule has 25 heavy (non-hydrogen) atoms. The highest BCUT2D eigenvalue weighted by atomic mass is 32.1. The lowest BCUT2D eigenvalue weighted by Gasteiger charge is -2.07. The van der Waals surface area contributed by atoms with Crippen LogP contribution in [0.25, 0.3) is 0 Å². The summed E-state index contributed by atoms with van der Waals surface area (Å²) in [5, 5.41) is 5.45. The van der Waals surface area contributed by atoms with Crippen LogP contribution in [-0.2, 0) is 17.8 Å². The van der Waals surface area contributed by atoms with Crippen molar-refractivity contribution in [1.82, 2.24) is 10.3 Å². The average Bonchev–Trinajstić information content (AvgIpc) is 3.12. The molecule has 1 heterocycles. The number of rotatable bonds is 7. The zero-order valence-electron chi connectivity index (χ0n) is 14.1. The van der Waals surface area contributed by atoms with E-state index in [-0.39, 0.29) is 5.91 Å². The minimum absolute atomic E-state index is 0.0598. The molecule has 0 atom stereocenters. The molecule has 0 unspecified atom stereocenters. The molecular weight excluding hydrogens is 332 g/mol. The fourth-order valence-corrected chi connectivity index (χ4v) is 2.96. The third-order valence-electron chi connectivity index (χ3n) is 3.75. The van der Waals surface area contributed by atoms with Gasteiger partial charge in [0.25, 0.3) is 5.19 Å². The Morgan fingerprint density at radius 1 is 1.16 bits per heavy atom. The van der Waals surface area contributed by atoms with Gasteiger partial charge in [0.15, 0.2) is 0 Å². The molecule has 1 aromatic heterocycles. The number of thiazole rings is 1. The number of benzene rings is 2. The van der Waals surface area contributed by atoms with Crippen LogP contribution in [-0.4, -0.2) is 10.9 Å². The van der Waals surface area contributed by atoms with E-state index in [2.05, 4.69) is 35.4 Å². The Morgan fingerprint density at radius 2 is 2.00 bits per heavy atom. The number of nitrogens with one attached hydrogen (secondary N) is 1. The van der Waals surface area contributed by atoms with Gasteiger partial charge in [0, 0.05) is 24.5 Å². The highest BCUT2D eigenvalue weighted by molar-refractivity contribution is 7.11. The minimum atomic E-state index is 0.0598. The standard InChI is InChI=1S/C20H20N2O2S/c1-15-3-2-4-16(13-15)7-10-19(23)22-14-17-5-8-18(9-6-17)24-20-21-11-12-25-20/h2-6,8-9,11-13H,7,10,14H2,1H3,(H,22,23). The molecule has 0 bridgehead atoms. The van der Waals surface area contributed by atoms with Gasteiger partial charge in [-0.05, 0) is 36.6 Å². The fourth-order valence-electron chi connectivity index (χ4n) is 2.45. The van der Waals surface area contributed by atoms with Crippen molar-refractivity contribution in [1.29, 1.82) is 0 Å². The molecule has 0 radical (unpaired) electrons. The van der Waals surface area contributed by atoms with Crippen LogP contribution in [0.15, 0.2) is 60.1 Å². The van der Waals surface area contributed by atoms with E-state index in [4.69, 9.17) is 4.74 Å². The molecule has 1 amide bonds. The number of hydrogen-bond acceptors (Lipinski definition) is 4. The molecule has 3 aromatic rings. The quantitative estimate of drug-likeness (QED) is 0.681. The molecule has 3 rings (SSSR count). The maximum atomic E-state index is 12.0. The monoisotopic (exact) mass is 352 g/mol. The smallest absolute Gasteiger partial charge is 0.278 e. The second-order valence-corrected chi connectivity index (χ2v) is 6.67. The van der Waals surface area contributed by atoms with E-state index in [9.17, 15) is 4.79 Å². The van der Waals surface area contributed by atoms with Crippen molar-refractivity contribution in [2.45, 2.75) is 26.3 Å². The van der Waals surface area contributed by atoms with Gasteiger partial charge < -0.3 is 10.1 Å². The molecule has 4 nitrogen and oxygen atoms in total. The summed E-state index contributed by atoms with van der Waals surface area (Å²) in [6.45, 7) is 2.58. The molecule has 0 aliphatic carbocycles. The van der Waals surface area contributed by atoms with E-state index in [1.54, 1.807) is 6.20 Å². The van der Waals surface area contributed by atoms with Gasteiger partial charge in [-0.1, -0.05) is 53.3 Å². The summed E-state index contributed by atoms with van der Waals surface area (Å²) in [6, 6.07) is 15.9. The Kier molecular flexibility index (Phi) is 5.80. The van der Waals surface area contributed by atoms with Crippen molar-refractivity contribution in [2.75, 3.05) is 0 Å². The van der Waals surface area contributed by atoms with Gasteiger partial charge in [0.05, 0.1) is 0 Å². The number of carbonyl (C=O) groups is 1. The molecule has 0 fully saturated rings. The molecular formula is C20H20N2O2S. The normalized spacial score (nSPS) is 10.4. The molecule has 5 heteroatoms. The number of amides is 1. The van der Waals surface area contributed by atoms with Crippen LogP contribution in [0.1, 0.15) is 23.1 Å². The van der Waals surface area contributed by atoms with Crippen molar-refractivity contribution in [3.8, 4) is 10.9 Å². The van der Waals surface area contributed by atoms with Crippen LogP contribution in [0.5, 0.6) is 10.9 Å². The summed E-state index contributed by atoms with van der Waals surface area (Å²) in [5.41, 5.74) is 3.45. The summed E-state index contributed by atoms with van der Waals surface area (Å²) in [5.74, 6) is 0.800. The summed E-state index contributed by atoms with van der Waals surface area (Å²) < 4.78 is 5.62. The van der Waals surface area contributed by atoms with Gasteiger partial charge in [-0.2, -0.15) is 0 Å². The van der Waals surface area contributed by atoms with Crippen molar-refractivity contribution in [3.05, 3.63) is 76.8 Å². The van der Waals surface area contributed by atoms with E-state index >= 15 is 0 Å². The van der Waals surface area contributed by atoms with E-state index in [1.165, 1.54) is 22.5 Å². The number of aromatic nitrogens is 1. The SMILES string of the molecule is Cc1cccc(CCC(=O)NCc2ccc(Oc3nccs3)cc2)c1. The summed E-state index contributed by atoms with van der Waals surface area (Å²) in [4.78, 5) is 16.1. The van der Waals surface area contributed by atoms with E-state index in [1.807, 2.05) is 35.7 Å². The van der Waals surface area contributed by atoms with E-state index < -0.39 is 0 Å². The fraction of sp³-hybridized carbons (Fsp3) is 0.200. The van der Waals surface area contributed by atoms with Crippen molar-refractivity contribution >= 4 is 17.2 Å². The summed E-state index contributed by atoms with van der Waals surface area (Å²) in [6.07, 6.45) is 2.96. The Balaban J connectivity index is 1.44. The summed E-state index contributed by atoms with van der Waals surface area (Å²) in [7, 11) is 0. The minimum Gasteiger partial charge on any atom is -0.431 e. The largest absolute Gasteiger partial charge is 0.431 e. The van der Waals surface area contributed by atoms with Crippen LogP contribution < -0.4 is 10.1 Å². The van der Waals surface area contributed by atoms with Gasteiger partial charge in [0.1, 0.15) is 5.75 Å². The molecule has 0 aliphatic rings. The lowest BCUT2D eigenvalue weighted by atomic mass is 10.1. The van der Waals surface area contributed by atoms with Crippen LogP contribution in [0.4, 0.5) is 0 Å². The maximum Gasteiger partial charge on any atom is 0.278 e. The second kappa shape index (κ2) is 8.44. The highest BCUT2D eigenvalue weighted by Crippen LogP contribution is 2.23. The molecule has 0 aliphatic heterocycles. The predicted octanol–water partition coefficient (Wildman–Crippen LogP) is 4.49. The van der Waals surface area contributed by atoms with Gasteiger partial charge in [-0.3, -0.25) is 4.79 Å².